The molecule has 0 radical (unpaired) electrons. The fraction of sp³-hybridized carbons (Fsp3) is 0.743. The van der Waals surface area contributed by atoms with E-state index in [9.17, 15) is 33.0 Å². The second kappa shape index (κ2) is 17.6. The van der Waals surface area contributed by atoms with E-state index in [-0.39, 0.29) is 18.1 Å². The molecule has 48 heavy (non-hydrogen) atoms. The van der Waals surface area contributed by atoms with Crippen molar-refractivity contribution in [2.75, 3.05) is 44.1 Å². The summed E-state index contributed by atoms with van der Waals surface area (Å²) in [4.78, 5) is 42.7. The van der Waals surface area contributed by atoms with Gasteiger partial charge in [0, 0.05) is 18.8 Å². The summed E-state index contributed by atoms with van der Waals surface area (Å²) < 4.78 is 31.4. The van der Waals surface area contributed by atoms with Gasteiger partial charge < -0.3 is 30.5 Å². The highest BCUT2D eigenvalue weighted by molar-refractivity contribution is 7.98. The van der Waals surface area contributed by atoms with Gasteiger partial charge in [-0.05, 0) is 63.2 Å². The lowest BCUT2D eigenvalue weighted by molar-refractivity contribution is -0.137. The van der Waals surface area contributed by atoms with Crippen molar-refractivity contribution in [2.24, 2.45) is 17.8 Å². The van der Waals surface area contributed by atoms with Crippen molar-refractivity contribution in [3.8, 4) is 0 Å². The fourth-order valence-corrected chi connectivity index (χ4v) is 9.00. The number of carbonyl (C=O) groups excluding carboxylic acids is 3. The van der Waals surface area contributed by atoms with Crippen LogP contribution in [0.1, 0.15) is 70.8 Å². The molecule has 13 heteroatoms. The molecule has 1 aliphatic heterocycles. The Balaban J connectivity index is 1.52. The molecule has 270 valence electrons. The molecule has 0 bridgehead atoms. The minimum atomic E-state index is -4.16. The van der Waals surface area contributed by atoms with Crippen LogP contribution in [-0.2, 0) is 35.4 Å². The van der Waals surface area contributed by atoms with E-state index in [0.717, 1.165) is 44.1 Å². The Morgan fingerprint density at radius 2 is 1.62 bits per heavy atom. The summed E-state index contributed by atoms with van der Waals surface area (Å²) in [6.45, 7) is 4.03. The van der Waals surface area contributed by atoms with Crippen molar-refractivity contribution in [1.82, 2.24) is 15.5 Å². The van der Waals surface area contributed by atoms with Gasteiger partial charge in [-0.25, -0.2) is 8.42 Å². The van der Waals surface area contributed by atoms with Gasteiger partial charge in [0.2, 0.25) is 17.7 Å². The summed E-state index contributed by atoms with van der Waals surface area (Å²) in [5.41, 5.74) is 0.751. The molecule has 1 heterocycles. The van der Waals surface area contributed by atoms with Crippen LogP contribution in [-0.4, -0.2) is 114 Å². The molecule has 1 saturated heterocycles. The van der Waals surface area contributed by atoms with E-state index in [1.54, 1.807) is 0 Å². The second-order valence-electron chi connectivity index (χ2n) is 14.3. The average molecular weight is 710 g/mol. The van der Waals surface area contributed by atoms with Crippen molar-refractivity contribution in [3.63, 3.8) is 0 Å². The number of nitrogens with one attached hydrogen (secondary N) is 2. The Kier molecular flexibility index (Phi) is 14.2. The maximum absolute atomic E-state index is 14.0. The average Bonchev–Trinajstić information content (AvgIpc) is 3.93. The molecule has 3 fully saturated rings. The topological polar surface area (TPSA) is 162 Å². The maximum atomic E-state index is 14.0. The fourth-order valence-electron chi connectivity index (χ4n) is 6.82. The summed E-state index contributed by atoms with van der Waals surface area (Å²) in [7, 11) is -4.16. The SMILES string of the molecule is CSC[C@H](NC(=O)[C@H](Cc1ccccc1)CS(=O)(=O)C(C)(C)C(=O)N1CCOCC1)C(=O)N[C@@H](CC1CCCCC1)[C@@H](O)[C@@H](O)C1CC1. The molecular formula is C35H55N3O8S2. The zero-order valence-electron chi connectivity index (χ0n) is 28.6. The van der Waals surface area contributed by atoms with E-state index in [4.69, 9.17) is 4.74 Å². The molecule has 5 atom stereocenters. The number of aliphatic hydroxyl groups is 2. The molecule has 1 aromatic rings. The second-order valence-corrected chi connectivity index (χ2v) is 17.8. The van der Waals surface area contributed by atoms with Gasteiger partial charge in [0.25, 0.3) is 0 Å². The Hall–Kier alpha value is -2.19. The lowest BCUT2D eigenvalue weighted by Crippen LogP contribution is -2.57. The predicted molar refractivity (Wildman–Crippen MR) is 187 cm³/mol. The maximum Gasteiger partial charge on any atom is 0.243 e. The highest BCUT2D eigenvalue weighted by Gasteiger charge is 2.46. The van der Waals surface area contributed by atoms with E-state index in [2.05, 4.69) is 10.6 Å². The smallest absolute Gasteiger partial charge is 0.243 e. The summed E-state index contributed by atoms with van der Waals surface area (Å²) in [6, 6.07) is 7.39. The number of carbonyl (C=O) groups is 3. The number of amides is 3. The van der Waals surface area contributed by atoms with Crippen molar-refractivity contribution in [3.05, 3.63) is 35.9 Å². The number of hydrogen-bond acceptors (Lipinski definition) is 9. The lowest BCUT2D eigenvalue weighted by Gasteiger charge is -2.35. The van der Waals surface area contributed by atoms with Crippen LogP contribution in [0.15, 0.2) is 30.3 Å². The summed E-state index contributed by atoms with van der Waals surface area (Å²) in [5, 5.41) is 27.8. The number of ether oxygens (including phenoxy) is 1. The van der Waals surface area contributed by atoms with Gasteiger partial charge in [-0.1, -0.05) is 62.4 Å². The monoisotopic (exact) mass is 709 g/mol. The Morgan fingerprint density at radius 1 is 0.979 bits per heavy atom. The van der Waals surface area contributed by atoms with Gasteiger partial charge in [-0.15, -0.1) is 0 Å². The molecular weight excluding hydrogens is 655 g/mol. The zero-order valence-corrected chi connectivity index (χ0v) is 30.3. The van der Waals surface area contributed by atoms with Gasteiger partial charge in [-0.3, -0.25) is 14.4 Å². The number of benzene rings is 1. The van der Waals surface area contributed by atoms with Crippen LogP contribution in [0.25, 0.3) is 0 Å². The van der Waals surface area contributed by atoms with Gasteiger partial charge in [0.05, 0.1) is 37.0 Å². The number of hydrogen-bond donors (Lipinski definition) is 4. The molecule has 2 aliphatic carbocycles. The first-order valence-corrected chi connectivity index (χ1v) is 20.5. The molecule has 11 nitrogen and oxygen atoms in total. The van der Waals surface area contributed by atoms with E-state index in [0.29, 0.717) is 38.6 Å². The van der Waals surface area contributed by atoms with Crippen LogP contribution < -0.4 is 10.6 Å². The standard InChI is InChI=1S/C35H55N3O8S2/c1-35(2,34(43)38-16-18-46-19-17-38)48(44,45)23-27(20-24-10-6-4-7-11-24)32(41)37-29(22-47-3)33(42)36-28(21-25-12-8-5-9-13-25)31(40)30(39)26-14-15-26/h4,6-7,10-11,25-31,39-40H,5,8-9,12-23H2,1-3H3,(H,36,42)(H,37,41)/t27-,28+,29+,30+,31-/m1/s1. The van der Waals surface area contributed by atoms with Crippen LogP contribution in [0, 0.1) is 17.8 Å². The van der Waals surface area contributed by atoms with Crippen LogP contribution in [0.5, 0.6) is 0 Å². The first-order valence-electron chi connectivity index (χ1n) is 17.4. The molecule has 0 spiro atoms. The molecule has 4 rings (SSSR count). The minimum absolute atomic E-state index is 0.0209. The van der Waals surface area contributed by atoms with Gasteiger partial charge >= 0.3 is 0 Å². The van der Waals surface area contributed by atoms with Gasteiger partial charge in [0.1, 0.15) is 16.9 Å². The van der Waals surface area contributed by atoms with Crippen molar-refractivity contribution < 1.29 is 37.8 Å². The van der Waals surface area contributed by atoms with E-state index in [1.807, 2.05) is 36.6 Å². The molecule has 3 amide bonds. The predicted octanol–water partition coefficient (Wildman–Crippen LogP) is 2.33. The number of nitrogens with zero attached hydrogens (tertiary/aromatic N) is 1. The Labute approximate surface area is 290 Å². The van der Waals surface area contributed by atoms with E-state index in [1.165, 1.54) is 36.9 Å². The molecule has 0 unspecified atom stereocenters. The number of thioether (sulfide) groups is 1. The molecule has 2 saturated carbocycles. The number of aliphatic hydroxyl groups excluding tert-OH is 2. The van der Waals surface area contributed by atoms with E-state index < -0.39 is 68.3 Å². The van der Waals surface area contributed by atoms with Crippen LogP contribution in [0.4, 0.5) is 0 Å². The lowest BCUT2D eigenvalue weighted by atomic mass is 9.82. The molecule has 4 N–H and O–H groups in total. The normalized spacial score (nSPS) is 21.1. The minimum Gasteiger partial charge on any atom is -0.390 e. The van der Waals surface area contributed by atoms with Crippen molar-refractivity contribution in [1.29, 1.82) is 0 Å². The zero-order chi connectivity index (χ0) is 34.9. The number of morpholine rings is 1. The highest BCUT2D eigenvalue weighted by Crippen LogP contribution is 2.36. The van der Waals surface area contributed by atoms with Gasteiger partial charge in [-0.2, -0.15) is 11.8 Å². The van der Waals surface area contributed by atoms with Crippen molar-refractivity contribution in [2.45, 2.75) is 101 Å². The number of sulfone groups is 1. The Bertz CT molecular complexity index is 1310. The van der Waals surface area contributed by atoms with Crippen molar-refractivity contribution >= 4 is 39.3 Å². The molecule has 1 aromatic carbocycles. The largest absolute Gasteiger partial charge is 0.390 e. The first kappa shape index (κ1) is 38.6. The van der Waals surface area contributed by atoms with Crippen LogP contribution in [0.2, 0.25) is 0 Å². The quantitative estimate of drug-likeness (QED) is 0.190. The summed E-state index contributed by atoms with van der Waals surface area (Å²) in [5.74, 6) is -2.71. The highest BCUT2D eigenvalue weighted by atomic mass is 32.2. The summed E-state index contributed by atoms with van der Waals surface area (Å²) >= 11 is 1.36. The number of rotatable bonds is 17. The van der Waals surface area contributed by atoms with E-state index >= 15 is 0 Å². The molecule has 0 aromatic heterocycles. The first-order chi connectivity index (χ1) is 22.8. The van der Waals surface area contributed by atoms with Gasteiger partial charge in [0.15, 0.2) is 9.84 Å². The van der Waals surface area contributed by atoms with Crippen LogP contribution in [0.3, 0.4) is 0 Å². The molecule has 3 aliphatic rings. The third-order valence-electron chi connectivity index (χ3n) is 10.2. The third kappa shape index (κ3) is 10.4. The third-order valence-corrected chi connectivity index (χ3v) is 13.4. The Morgan fingerprint density at radius 3 is 2.23 bits per heavy atom. The summed E-state index contributed by atoms with van der Waals surface area (Å²) in [6.07, 6.45) is 7.43. The van der Waals surface area contributed by atoms with Crippen LogP contribution >= 0.6 is 11.8 Å².